The van der Waals surface area contributed by atoms with Crippen molar-refractivity contribution in [3.8, 4) is 5.75 Å². The van der Waals surface area contributed by atoms with E-state index >= 15 is 0 Å². The Morgan fingerprint density at radius 2 is 1.86 bits per heavy atom. The third kappa shape index (κ3) is 3.81. The maximum absolute atomic E-state index is 13.4. The van der Waals surface area contributed by atoms with Gasteiger partial charge in [0.15, 0.2) is 0 Å². The lowest BCUT2D eigenvalue weighted by Crippen LogP contribution is -2.14. The molecule has 0 fully saturated rings. The monoisotopic (exact) mass is 305 g/mol. The molecule has 1 amide bonds. The second kappa shape index (κ2) is 7.02. The predicted molar refractivity (Wildman–Crippen MR) is 81.0 cm³/mol. The van der Waals surface area contributed by atoms with Crippen LogP contribution in [0.5, 0.6) is 5.75 Å². The highest BCUT2D eigenvalue weighted by Gasteiger charge is 2.12. The number of hydrogen-bond donors (Lipinski definition) is 1. The summed E-state index contributed by atoms with van der Waals surface area (Å²) in [6, 6.07) is 9.08. The Kier molecular flexibility index (Phi) is 5.09. The van der Waals surface area contributed by atoms with Crippen molar-refractivity contribution in [1.29, 1.82) is 0 Å². The molecule has 2 aromatic rings. The highest BCUT2D eigenvalue weighted by atomic mass is 19.1. The first-order valence-electron chi connectivity index (χ1n) is 6.88. The maximum Gasteiger partial charge on any atom is 0.224 e. The molecule has 0 atom stereocenters. The van der Waals surface area contributed by atoms with Gasteiger partial charge in [0.2, 0.25) is 5.91 Å². The Bertz CT molecular complexity index is 666. The predicted octanol–water partition coefficient (Wildman–Crippen LogP) is 3.85. The number of aryl methyl sites for hydroxylation is 2. The van der Waals surface area contributed by atoms with E-state index in [1.165, 1.54) is 6.07 Å². The molecule has 0 aromatic heterocycles. The fourth-order valence-corrected chi connectivity index (χ4v) is 2.17. The molecule has 1 N–H and O–H groups in total. The molecule has 0 radical (unpaired) electrons. The minimum atomic E-state index is -0.784. The summed E-state index contributed by atoms with van der Waals surface area (Å²) in [7, 11) is 1.60. The number of carbonyl (C=O) groups is 1. The van der Waals surface area contributed by atoms with Gasteiger partial charge in [-0.2, -0.15) is 0 Å². The number of nitrogens with one attached hydrogen (secondary N) is 1. The lowest BCUT2D eigenvalue weighted by Gasteiger charge is -2.09. The van der Waals surface area contributed by atoms with Crippen molar-refractivity contribution >= 4 is 11.6 Å². The summed E-state index contributed by atoms with van der Waals surface area (Å²) in [4.78, 5) is 11.8. The average molecular weight is 305 g/mol. The molecule has 116 valence electrons. The molecular weight excluding hydrogens is 288 g/mol. The van der Waals surface area contributed by atoms with Gasteiger partial charge in [-0.1, -0.05) is 18.2 Å². The van der Waals surface area contributed by atoms with Crippen LogP contribution >= 0.6 is 0 Å². The van der Waals surface area contributed by atoms with E-state index in [9.17, 15) is 13.6 Å². The topological polar surface area (TPSA) is 38.3 Å². The minimum absolute atomic E-state index is 0.138. The van der Waals surface area contributed by atoms with E-state index in [0.717, 1.165) is 29.0 Å². The number of halogens is 2. The molecule has 0 saturated heterocycles. The van der Waals surface area contributed by atoms with Crippen LogP contribution in [-0.4, -0.2) is 13.0 Å². The molecule has 0 spiro atoms. The molecular formula is C17H17F2NO2. The smallest absolute Gasteiger partial charge is 0.224 e. The molecule has 2 rings (SSSR count). The van der Waals surface area contributed by atoms with E-state index in [-0.39, 0.29) is 6.42 Å². The molecule has 0 bridgehead atoms. The summed E-state index contributed by atoms with van der Waals surface area (Å²) in [6.45, 7) is 1.91. The Balaban J connectivity index is 1.97. The second-order valence-corrected chi connectivity index (χ2v) is 4.95. The van der Waals surface area contributed by atoms with Crippen LogP contribution in [-0.2, 0) is 11.2 Å². The van der Waals surface area contributed by atoms with E-state index in [1.807, 2.05) is 25.1 Å². The summed E-state index contributed by atoms with van der Waals surface area (Å²) in [5.41, 5.74) is 1.53. The maximum atomic E-state index is 13.4. The largest absolute Gasteiger partial charge is 0.496 e. The standard InChI is InChI=1S/C17H17F2NO2/c1-11-10-12(6-8-15(11)22-2)7-9-16(21)20-17-13(18)4-3-5-14(17)19/h3-6,8,10H,7,9H2,1-2H3,(H,20,21). The molecule has 0 saturated carbocycles. The minimum Gasteiger partial charge on any atom is -0.496 e. The van der Waals surface area contributed by atoms with Gasteiger partial charge < -0.3 is 10.1 Å². The number of methoxy groups -OCH3 is 1. The summed E-state index contributed by atoms with van der Waals surface area (Å²) in [5, 5.41) is 2.27. The van der Waals surface area contributed by atoms with Crippen LogP contribution < -0.4 is 10.1 Å². The lowest BCUT2D eigenvalue weighted by molar-refractivity contribution is -0.116. The van der Waals surface area contributed by atoms with Crippen LogP contribution in [0.1, 0.15) is 17.5 Å². The SMILES string of the molecule is COc1ccc(CCC(=O)Nc2c(F)cccc2F)cc1C. The number of ether oxygens (including phenoxy) is 1. The van der Waals surface area contributed by atoms with Gasteiger partial charge in [-0.05, 0) is 42.7 Å². The zero-order valence-corrected chi connectivity index (χ0v) is 12.5. The fraction of sp³-hybridized carbons (Fsp3) is 0.235. The van der Waals surface area contributed by atoms with Crippen molar-refractivity contribution in [2.24, 2.45) is 0 Å². The summed E-state index contributed by atoms with van der Waals surface area (Å²) >= 11 is 0. The summed E-state index contributed by atoms with van der Waals surface area (Å²) in [6.07, 6.45) is 0.617. The van der Waals surface area contributed by atoms with Crippen molar-refractivity contribution in [3.63, 3.8) is 0 Å². The first-order chi connectivity index (χ1) is 10.5. The molecule has 5 heteroatoms. The van der Waals surface area contributed by atoms with Crippen molar-refractivity contribution in [2.75, 3.05) is 12.4 Å². The van der Waals surface area contributed by atoms with E-state index in [4.69, 9.17) is 4.74 Å². The van der Waals surface area contributed by atoms with Gasteiger partial charge in [0.05, 0.1) is 7.11 Å². The second-order valence-electron chi connectivity index (χ2n) is 4.95. The molecule has 0 aliphatic rings. The van der Waals surface area contributed by atoms with Gasteiger partial charge in [0.1, 0.15) is 23.1 Å². The van der Waals surface area contributed by atoms with Gasteiger partial charge in [-0.25, -0.2) is 8.78 Å². The molecule has 3 nitrogen and oxygen atoms in total. The van der Waals surface area contributed by atoms with Gasteiger partial charge in [0, 0.05) is 6.42 Å². The molecule has 2 aromatic carbocycles. The van der Waals surface area contributed by atoms with Gasteiger partial charge in [-0.15, -0.1) is 0 Å². The van der Waals surface area contributed by atoms with Gasteiger partial charge in [-0.3, -0.25) is 4.79 Å². The van der Waals surface area contributed by atoms with Gasteiger partial charge >= 0.3 is 0 Å². The van der Waals surface area contributed by atoms with Crippen LogP contribution in [0.2, 0.25) is 0 Å². The van der Waals surface area contributed by atoms with Crippen molar-refractivity contribution in [2.45, 2.75) is 19.8 Å². The Morgan fingerprint density at radius 1 is 1.18 bits per heavy atom. The lowest BCUT2D eigenvalue weighted by atomic mass is 10.1. The third-order valence-corrected chi connectivity index (χ3v) is 3.33. The first kappa shape index (κ1) is 15.9. The van der Waals surface area contributed by atoms with Gasteiger partial charge in [0.25, 0.3) is 0 Å². The molecule has 22 heavy (non-hydrogen) atoms. The van der Waals surface area contributed by atoms with Crippen LogP contribution in [0.3, 0.4) is 0 Å². The number of anilines is 1. The Labute approximate surface area is 127 Å². The number of para-hydroxylation sites is 1. The van der Waals surface area contributed by atoms with Crippen LogP contribution in [0.4, 0.5) is 14.5 Å². The van der Waals surface area contributed by atoms with Crippen molar-refractivity contribution in [3.05, 3.63) is 59.2 Å². The summed E-state index contributed by atoms with van der Waals surface area (Å²) in [5.74, 6) is -1.22. The summed E-state index contributed by atoms with van der Waals surface area (Å²) < 4.78 is 32.1. The van der Waals surface area contributed by atoms with E-state index < -0.39 is 23.2 Å². The Hall–Kier alpha value is -2.43. The number of amides is 1. The molecule has 0 aliphatic carbocycles. The number of hydrogen-bond acceptors (Lipinski definition) is 2. The van der Waals surface area contributed by atoms with Crippen LogP contribution in [0, 0.1) is 18.6 Å². The van der Waals surface area contributed by atoms with Crippen molar-refractivity contribution < 1.29 is 18.3 Å². The number of carbonyl (C=O) groups excluding carboxylic acids is 1. The highest BCUT2D eigenvalue weighted by molar-refractivity contribution is 5.91. The van der Waals surface area contributed by atoms with Crippen molar-refractivity contribution in [1.82, 2.24) is 0 Å². The zero-order chi connectivity index (χ0) is 16.1. The Morgan fingerprint density at radius 3 is 2.45 bits per heavy atom. The van der Waals surface area contributed by atoms with Crippen LogP contribution in [0.25, 0.3) is 0 Å². The highest BCUT2D eigenvalue weighted by Crippen LogP contribution is 2.20. The molecule has 0 heterocycles. The van der Waals surface area contributed by atoms with E-state index in [1.54, 1.807) is 7.11 Å². The van der Waals surface area contributed by atoms with Crippen LogP contribution in [0.15, 0.2) is 36.4 Å². The van der Waals surface area contributed by atoms with E-state index in [2.05, 4.69) is 5.32 Å². The van der Waals surface area contributed by atoms with E-state index in [0.29, 0.717) is 6.42 Å². The molecule has 0 unspecified atom stereocenters. The number of rotatable bonds is 5. The zero-order valence-electron chi connectivity index (χ0n) is 12.5. The fourth-order valence-electron chi connectivity index (χ4n) is 2.17. The first-order valence-corrected chi connectivity index (χ1v) is 6.88. The third-order valence-electron chi connectivity index (χ3n) is 3.33. The normalized spacial score (nSPS) is 10.4. The average Bonchev–Trinajstić information content (AvgIpc) is 2.49. The molecule has 0 aliphatic heterocycles. The quantitative estimate of drug-likeness (QED) is 0.911. The number of benzene rings is 2.